The van der Waals surface area contributed by atoms with Crippen molar-refractivity contribution >= 4 is 28.5 Å². The van der Waals surface area contributed by atoms with Crippen molar-refractivity contribution in [3.05, 3.63) is 88.3 Å². The lowest BCUT2D eigenvalue weighted by Gasteiger charge is -2.32. The zero-order chi connectivity index (χ0) is 19.8. The van der Waals surface area contributed by atoms with E-state index in [0.717, 1.165) is 28.4 Å². The van der Waals surface area contributed by atoms with Gasteiger partial charge in [-0.25, -0.2) is 0 Å². The molecular formula is C24H22N2O2S. The van der Waals surface area contributed by atoms with Gasteiger partial charge in [0.1, 0.15) is 11.5 Å². The molecule has 2 aliphatic rings. The molecule has 0 bridgehead atoms. The van der Waals surface area contributed by atoms with Crippen molar-refractivity contribution in [3.63, 3.8) is 0 Å². The number of benzene rings is 2. The summed E-state index contributed by atoms with van der Waals surface area (Å²) in [6.07, 6.45) is 2.78. The van der Waals surface area contributed by atoms with Crippen LogP contribution in [0.2, 0.25) is 0 Å². The molecule has 1 aliphatic heterocycles. The molecule has 146 valence electrons. The summed E-state index contributed by atoms with van der Waals surface area (Å²) in [5, 5.41) is 9.27. The Balaban J connectivity index is 1.61. The summed E-state index contributed by atoms with van der Waals surface area (Å²) >= 11 is 1.71. The minimum absolute atomic E-state index is 0.128. The first-order valence-corrected chi connectivity index (χ1v) is 10.7. The number of nitrogens with one attached hydrogen (secondary N) is 2. The van der Waals surface area contributed by atoms with Crippen molar-refractivity contribution < 1.29 is 9.53 Å². The van der Waals surface area contributed by atoms with Crippen molar-refractivity contribution in [1.82, 2.24) is 0 Å². The van der Waals surface area contributed by atoms with Gasteiger partial charge in [-0.2, -0.15) is 0 Å². The van der Waals surface area contributed by atoms with Crippen LogP contribution in [0, 0.1) is 5.92 Å². The quantitative estimate of drug-likeness (QED) is 0.599. The number of hydrogen-bond acceptors (Lipinski definition) is 5. The van der Waals surface area contributed by atoms with Crippen LogP contribution in [0.5, 0.6) is 5.75 Å². The van der Waals surface area contributed by atoms with Crippen LogP contribution in [-0.2, 0) is 4.79 Å². The molecule has 3 atom stereocenters. The predicted octanol–water partition coefficient (Wildman–Crippen LogP) is 5.59. The number of thiophene rings is 1. The second-order valence-corrected chi connectivity index (χ2v) is 8.44. The molecule has 0 fully saturated rings. The van der Waals surface area contributed by atoms with Gasteiger partial charge in [-0.05, 0) is 41.3 Å². The average Bonchev–Trinajstić information content (AvgIpc) is 3.23. The number of Topliss-reactive ketones (excluding diaryl/α,β-unsaturated/α-hetero) is 1. The standard InChI is InChI=1S/C24H22N2O2S/c1-28-17-10-8-15(9-11-17)24-23-20(25-18-5-2-3-6-19(18)26-24)13-16(14-21(23)27)22-7-4-12-29-22/h2-13,16,23-26H,14H2,1H3. The van der Waals surface area contributed by atoms with E-state index in [-0.39, 0.29) is 23.7 Å². The molecule has 5 heteroatoms. The van der Waals surface area contributed by atoms with E-state index >= 15 is 0 Å². The van der Waals surface area contributed by atoms with Gasteiger partial charge in [0.05, 0.1) is 30.4 Å². The predicted molar refractivity (Wildman–Crippen MR) is 118 cm³/mol. The number of rotatable bonds is 3. The lowest BCUT2D eigenvalue weighted by molar-refractivity contribution is -0.122. The third-order valence-corrected chi connectivity index (χ3v) is 6.72. The van der Waals surface area contributed by atoms with E-state index < -0.39 is 0 Å². The summed E-state index contributed by atoms with van der Waals surface area (Å²) < 4.78 is 5.31. The topological polar surface area (TPSA) is 50.4 Å². The van der Waals surface area contributed by atoms with Gasteiger partial charge in [0.15, 0.2) is 0 Å². The Kier molecular flexibility index (Phi) is 4.60. The van der Waals surface area contributed by atoms with Gasteiger partial charge >= 0.3 is 0 Å². The van der Waals surface area contributed by atoms with Crippen LogP contribution in [-0.4, -0.2) is 12.9 Å². The normalized spacial score (nSPS) is 23.0. The minimum atomic E-state index is -0.257. The zero-order valence-electron chi connectivity index (χ0n) is 16.1. The van der Waals surface area contributed by atoms with Gasteiger partial charge < -0.3 is 15.4 Å². The first-order valence-electron chi connectivity index (χ1n) is 9.77. The molecule has 0 radical (unpaired) electrons. The molecule has 1 aliphatic carbocycles. The number of ether oxygens (including phenoxy) is 1. The Morgan fingerprint density at radius 2 is 1.79 bits per heavy atom. The lowest BCUT2D eigenvalue weighted by atomic mass is 9.78. The Bertz CT molecular complexity index is 1060. The number of ketones is 1. The van der Waals surface area contributed by atoms with E-state index in [9.17, 15) is 4.79 Å². The van der Waals surface area contributed by atoms with E-state index in [1.807, 2.05) is 42.5 Å². The Morgan fingerprint density at radius 1 is 1.00 bits per heavy atom. The highest BCUT2D eigenvalue weighted by Gasteiger charge is 2.39. The van der Waals surface area contributed by atoms with Crippen LogP contribution in [0.1, 0.15) is 28.8 Å². The van der Waals surface area contributed by atoms with Gasteiger partial charge in [0, 0.05) is 22.9 Å². The maximum atomic E-state index is 13.4. The van der Waals surface area contributed by atoms with Crippen molar-refractivity contribution in [2.24, 2.45) is 5.92 Å². The smallest absolute Gasteiger partial charge is 0.145 e. The number of para-hydroxylation sites is 2. The SMILES string of the molecule is COc1ccc(C2Nc3ccccc3NC3=CC(c4cccs4)CC(=O)C32)cc1. The fourth-order valence-corrected chi connectivity index (χ4v) is 5.08. The fraction of sp³-hybridized carbons (Fsp3) is 0.208. The van der Waals surface area contributed by atoms with Gasteiger partial charge in [-0.1, -0.05) is 36.4 Å². The third-order valence-electron chi connectivity index (χ3n) is 5.72. The molecule has 1 aromatic heterocycles. The largest absolute Gasteiger partial charge is 0.497 e. The number of allylic oxidation sites excluding steroid dienone is 1. The van der Waals surface area contributed by atoms with Gasteiger partial charge in [-0.15, -0.1) is 11.3 Å². The summed E-state index contributed by atoms with van der Waals surface area (Å²) in [4.78, 5) is 14.6. The van der Waals surface area contributed by atoms with E-state index in [1.165, 1.54) is 4.88 Å². The molecular weight excluding hydrogens is 380 g/mol. The zero-order valence-corrected chi connectivity index (χ0v) is 16.9. The van der Waals surface area contributed by atoms with Crippen LogP contribution >= 0.6 is 11.3 Å². The van der Waals surface area contributed by atoms with Crippen LogP contribution in [0.3, 0.4) is 0 Å². The maximum absolute atomic E-state index is 13.4. The molecule has 3 aromatic rings. The minimum Gasteiger partial charge on any atom is -0.497 e. The molecule has 3 unspecified atom stereocenters. The van der Waals surface area contributed by atoms with E-state index in [2.05, 4.69) is 40.3 Å². The summed E-state index contributed by atoms with van der Waals surface area (Å²) in [5.41, 5.74) is 4.06. The van der Waals surface area contributed by atoms with Crippen molar-refractivity contribution in [1.29, 1.82) is 0 Å². The van der Waals surface area contributed by atoms with Gasteiger partial charge in [-0.3, -0.25) is 4.79 Å². The van der Waals surface area contributed by atoms with E-state index in [4.69, 9.17) is 4.74 Å². The van der Waals surface area contributed by atoms with Gasteiger partial charge in [0.2, 0.25) is 0 Å². The lowest BCUT2D eigenvalue weighted by Crippen LogP contribution is -2.33. The van der Waals surface area contributed by atoms with Crippen molar-refractivity contribution in [2.75, 3.05) is 17.7 Å². The molecule has 5 rings (SSSR count). The number of fused-ring (bicyclic) bond motifs is 2. The maximum Gasteiger partial charge on any atom is 0.145 e. The third kappa shape index (κ3) is 3.32. The van der Waals surface area contributed by atoms with Crippen molar-refractivity contribution in [3.8, 4) is 5.75 Å². The molecule has 29 heavy (non-hydrogen) atoms. The number of anilines is 2. The molecule has 0 spiro atoms. The summed E-state index contributed by atoms with van der Waals surface area (Å²) in [6.45, 7) is 0. The average molecular weight is 403 g/mol. The second-order valence-electron chi connectivity index (χ2n) is 7.46. The number of carbonyl (C=O) groups excluding carboxylic acids is 1. The highest BCUT2D eigenvalue weighted by Crippen LogP contribution is 2.45. The monoisotopic (exact) mass is 402 g/mol. The first-order chi connectivity index (χ1) is 14.2. The fourth-order valence-electron chi connectivity index (χ4n) is 4.28. The van der Waals surface area contributed by atoms with Crippen LogP contribution < -0.4 is 15.4 Å². The molecule has 4 nitrogen and oxygen atoms in total. The molecule has 2 aromatic carbocycles. The number of hydrogen-bond donors (Lipinski definition) is 2. The van der Waals surface area contributed by atoms with Crippen molar-refractivity contribution in [2.45, 2.75) is 18.4 Å². The number of carbonyl (C=O) groups is 1. The summed E-state index contributed by atoms with van der Waals surface area (Å²) in [7, 11) is 1.66. The van der Waals surface area contributed by atoms with E-state index in [1.54, 1.807) is 18.4 Å². The highest BCUT2D eigenvalue weighted by molar-refractivity contribution is 7.10. The van der Waals surface area contributed by atoms with Crippen LogP contribution in [0.4, 0.5) is 11.4 Å². The van der Waals surface area contributed by atoms with Crippen LogP contribution in [0.25, 0.3) is 0 Å². The molecule has 0 amide bonds. The Labute approximate surface area is 174 Å². The molecule has 0 saturated carbocycles. The van der Waals surface area contributed by atoms with Crippen LogP contribution in [0.15, 0.2) is 77.8 Å². The molecule has 2 N–H and O–H groups in total. The molecule has 0 saturated heterocycles. The number of methoxy groups -OCH3 is 1. The highest BCUT2D eigenvalue weighted by atomic mass is 32.1. The molecule has 2 heterocycles. The second kappa shape index (κ2) is 7.41. The summed E-state index contributed by atoms with van der Waals surface area (Å²) in [6, 6.07) is 20.1. The first kappa shape index (κ1) is 18.0. The Morgan fingerprint density at radius 3 is 2.52 bits per heavy atom. The Hall–Kier alpha value is -3.05. The summed E-state index contributed by atoms with van der Waals surface area (Å²) in [5.74, 6) is 0.939. The van der Waals surface area contributed by atoms with Gasteiger partial charge in [0.25, 0.3) is 0 Å². The van der Waals surface area contributed by atoms with E-state index in [0.29, 0.717) is 6.42 Å².